The van der Waals surface area contributed by atoms with E-state index in [1.165, 1.54) is 5.56 Å². The smallest absolute Gasteiger partial charge is 0.0613 e. The first kappa shape index (κ1) is 12.4. The Morgan fingerprint density at radius 2 is 1.50 bits per heavy atom. The molecule has 1 aromatic rings. The van der Waals surface area contributed by atoms with Crippen LogP contribution in [0.4, 0.5) is 0 Å². The zero-order valence-corrected chi connectivity index (χ0v) is 9.96. The minimum absolute atomic E-state index is 0.778. The van der Waals surface area contributed by atoms with Crippen molar-refractivity contribution >= 4 is 0 Å². The maximum absolute atomic E-state index is 3.09. The molecule has 82 valence electrons. The van der Waals surface area contributed by atoms with E-state index in [9.17, 15) is 0 Å². The Morgan fingerprint density at radius 3 is 2.00 bits per heavy atom. The molecule has 0 aliphatic heterocycles. The largest absolute Gasteiger partial charge is 0.277 e. The SMILES string of the molecule is CC#CCN(CC#CC)Cc1ccccc1. The molecule has 0 atom stereocenters. The minimum atomic E-state index is 0.778. The van der Waals surface area contributed by atoms with E-state index in [0.717, 1.165) is 19.6 Å². The Hall–Kier alpha value is -1.70. The molecule has 0 saturated carbocycles. The molecule has 0 aromatic heterocycles. The zero-order chi connectivity index (χ0) is 11.6. The van der Waals surface area contributed by atoms with Crippen LogP contribution in [-0.2, 0) is 6.54 Å². The average molecular weight is 211 g/mol. The highest BCUT2D eigenvalue weighted by Gasteiger charge is 2.01. The van der Waals surface area contributed by atoms with Crippen molar-refractivity contribution in [2.75, 3.05) is 13.1 Å². The van der Waals surface area contributed by atoms with Gasteiger partial charge in [-0.2, -0.15) is 0 Å². The van der Waals surface area contributed by atoms with E-state index in [0.29, 0.717) is 0 Å². The third-order valence-electron chi connectivity index (χ3n) is 2.21. The van der Waals surface area contributed by atoms with Crippen LogP contribution in [0.25, 0.3) is 0 Å². The highest BCUT2D eigenvalue weighted by molar-refractivity contribution is 5.15. The molecule has 1 nitrogen and oxygen atoms in total. The number of benzene rings is 1. The van der Waals surface area contributed by atoms with Crippen molar-refractivity contribution in [1.82, 2.24) is 4.90 Å². The summed E-state index contributed by atoms with van der Waals surface area (Å²) in [5.41, 5.74) is 1.30. The molecule has 1 rings (SSSR count). The molecule has 16 heavy (non-hydrogen) atoms. The molecule has 0 aliphatic carbocycles. The first-order valence-corrected chi connectivity index (χ1v) is 5.42. The van der Waals surface area contributed by atoms with Gasteiger partial charge in [0.15, 0.2) is 0 Å². The predicted molar refractivity (Wildman–Crippen MR) is 68.6 cm³/mol. The van der Waals surface area contributed by atoms with Crippen molar-refractivity contribution in [3.63, 3.8) is 0 Å². The third kappa shape index (κ3) is 4.69. The van der Waals surface area contributed by atoms with Gasteiger partial charge in [-0.1, -0.05) is 42.2 Å². The van der Waals surface area contributed by atoms with Crippen molar-refractivity contribution in [3.05, 3.63) is 35.9 Å². The lowest BCUT2D eigenvalue weighted by molar-refractivity contribution is 0.337. The summed E-state index contributed by atoms with van der Waals surface area (Å²) >= 11 is 0. The van der Waals surface area contributed by atoms with Gasteiger partial charge >= 0.3 is 0 Å². The van der Waals surface area contributed by atoms with Crippen molar-refractivity contribution in [1.29, 1.82) is 0 Å². The first-order chi connectivity index (χ1) is 7.86. The second-order valence-electron chi connectivity index (χ2n) is 3.48. The molecule has 0 spiro atoms. The molecule has 0 heterocycles. The first-order valence-electron chi connectivity index (χ1n) is 5.42. The molecule has 0 aliphatic rings. The van der Waals surface area contributed by atoms with Crippen molar-refractivity contribution in [2.24, 2.45) is 0 Å². The van der Waals surface area contributed by atoms with Crippen molar-refractivity contribution in [3.8, 4) is 23.7 Å². The number of rotatable bonds is 4. The molecule has 0 saturated heterocycles. The van der Waals surface area contributed by atoms with Gasteiger partial charge in [-0.05, 0) is 19.4 Å². The van der Waals surface area contributed by atoms with Gasteiger partial charge in [-0.25, -0.2) is 0 Å². The lowest BCUT2D eigenvalue weighted by atomic mass is 10.2. The van der Waals surface area contributed by atoms with Crippen LogP contribution in [0.3, 0.4) is 0 Å². The summed E-state index contributed by atoms with van der Waals surface area (Å²) in [7, 11) is 0. The van der Waals surface area contributed by atoms with E-state index in [-0.39, 0.29) is 0 Å². The number of nitrogens with zero attached hydrogens (tertiary/aromatic N) is 1. The average Bonchev–Trinajstić information content (AvgIpc) is 2.34. The summed E-state index contributed by atoms with van der Waals surface area (Å²) in [4.78, 5) is 2.24. The van der Waals surface area contributed by atoms with Crippen LogP contribution < -0.4 is 0 Å². The van der Waals surface area contributed by atoms with Crippen LogP contribution >= 0.6 is 0 Å². The van der Waals surface area contributed by atoms with Gasteiger partial charge in [0.1, 0.15) is 0 Å². The quantitative estimate of drug-likeness (QED) is 0.692. The lowest BCUT2D eigenvalue weighted by Crippen LogP contribution is -2.24. The summed E-state index contributed by atoms with van der Waals surface area (Å²) < 4.78 is 0. The molecule has 0 N–H and O–H groups in total. The molecule has 0 amide bonds. The number of hydrogen-bond donors (Lipinski definition) is 0. The van der Waals surface area contributed by atoms with Crippen molar-refractivity contribution in [2.45, 2.75) is 20.4 Å². The van der Waals surface area contributed by atoms with E-state index in [2.05, 4.69) is 52.8 Å². The second-order valence-corrected chi connectivity index (χ2v) is 3.48. The predicted octanol–water partition coefficient (Wildman–Crippen LogP) is 2.54. The second kappa shape index (κ2) is 7.57. The van der Waals surface area contributed by atoms with Crippen LogP contribution in [0.1, 0.15) is 19.4 Å². The Kier molecular flexibility index (Phi) is 5.86. The highest BCUT2D eigenvalue weighted by atomic mass is 15.1. The van der Waals surface area contributed by atoms with E-state index in [4.69, 9.17) is 0 Å². The van der Waals surface area contributed by atoms with E-state index >= 15 is 0 Å². The topological polar surface area (TPSA) is 3.24 Å². The monoisotopic (exact) mass is 211 g/mol. The van der Waals surface area contributed by atoms with Crippen LogP contribution in [0.15, 0.2) is 30.3 Å². The third-order valence-corrected chi connectivity index (χ3v) is 2.21. The minimum Gasteiger partial charge on any atom is -0.277 e. The molecular weight excluding hydrogens is 194 g/mol. The van der Waals surface area contributed by atoms with E-state index < -0.39 is 0 Å². The summed E-state index contributed by atoms with van der Waals surface area (Å²) in [6.45, 7) is 6.20. The summed E-state index contributed by atoms with van der Waals surface area (Å²) in [6, 6.07) is 10.4. The van der Waals surface area contributed by atoms with Gasteiger partial charge in [0, 0.05) is 6.54 Å². The van der Waals surface area contributed by atoms with Gasteiger partial charge in [-0.15, -0.1) is 11.8 Å². The van der Waals surface area contributed by atoms with Gasteiger partial charge < -0.3 is 0 Å². The molecule has 1 aromatic carbocycles. The van der Waals surface area contributed by atoms with Crippen LogP contribution in [-0.4, -0.2) is 18.0 Å². The fourth-order valence-corrected chi connectivity index (χ4v) is 1.39. The van der Waals surface area contributed by atoms with E-state index in [1.54, 1.807) is 0 Å². The molecule has 0 unspecified atom stereocenters. The van der Waals surface area contributed by atoms with Gasteiger partial charge in [0.05, 0.1) is 13.1 Å². The van der Waals surface area contributed by atoms with Gasteiger partial charge in [-0.3, -0.25) is 4.90 Å². The summed E-state index contributed by atoms with van der Waals surface area (Å²) in [5.74, 6) is 12.0. The maximum atomic E-state index is 3.09. The molecule has 0 radical (unpaired) electrons. The fraction of sp³-hybridized carbons (Fsp3) is 0.333. The Morgan fingerprint density at radius 1 is 0.938 bits per heavy atom. The lowest BCUT2D eigenvalue weighted by Gasteiger charge is -2.16. The Bertz CT molecular complexity index is 389. The molecule has 0 bridgehead atoms. The fourth-order valence-electron chi connectivity index (χ4n) is 1.39. The highest BCUT2D eigenvalue weighted by Crippen LogP contribution is 2.03. The van der Waals surface area contributed by atoms with Crippen LogP contribution in [0.2, 0.25) is 0 Å². The van der Waals surface area contributed by atoms with Crippen LogP contribution in [0, 0.1) is 23.7 Å². The Labute approximate surface area is 98.5 Å². The zero-order valence-electron chi connectivity index (χ0n) is 9.96. The normalized spacial score (nSPS) is 8.94. The van der Waals surface area contributed by atoms with Crippen molar-refractivity contribution < 1.29 is 0 Å². The van der Waals surface area contributed by atoms with Crippen LogP contribution in [0.5, 0.6) is 0 Å². The standard InChI is InChI=1S/C15H17N/c1-3-5-12-16(13-6-4-2)14-15-10-8-7-9-11-15/h7-11H,12-14H2,1-2H3. The van der Waals surface area contributed by atoms with Gasteiger partial charge in [0.25, 0.3) is 0 Å². The molecule has 1 heteroatoms. The summed E-state index contributed by atoms with van der Waals surface area (Å²) in [5, 5.41) is 0. The van der Waals surface area contributed by atoms with E-state index in [1.807, 2.05) is 19.9 Å². The maximum Gasteiger partial charge on any atom is 0.0613 e. The number of hydrogen-bond acceptors (Lipinski definition) is 1. The summed E-state index contributed by atoms with van der Waals surface area (Å²) in [6.07, 6.45) is 0. The van der Waals surface area contributed by atoms with Gasteiger partial charge in [0.2, 0.25) is 0 Å². The molecule has 0 fully saturated rings. The molecular formula is C15H17N. The Balaban J connectivity index is 2.60.